The Labute approximate surface area is 170 Å². The molecule has 8 heteroatoms. The maximum atomic E-state index is 12.9. The summed E-state index contributed by atoms with van der Waals surface area (Å²) in [6.45, 7) is 2.48. The average Bonchev–Trinajstić information content (AvgIpc) is 3.32. The number of pyridine rings is 1. The highest BCUT2D eigenvalue weighted by atomic mass is 35.5. The number of nitrogens with one attached hydrogen (secondary N) is 1. The Morgan fingerprint density at radius 2 is 2.18 bits per heavy atom. The van der Waals surface area contributed by atoms with Gasteiger partial charge in [-0.25, -0.2) is 9.67 Å². The highest BCUT2D eigenvalue weighted by Crippen LogP contribution is 2.28. The van der Waals surface area contributed by atoms with Gasteiger partial charge >= 0.3 is 0 Å². The summed E-state index contributed by atoms with van der Waals surface area (Å²) >= 11 is 7.81. The number of aromatic nitrogens is 3. The van der Waals surface area contributed by atoms with Crippen LogP contribution in [0.15, 0.2) is 48.0 Å². The number of amides is 1. The van der Waals surface area contributed by atoms with Gasteiger partial charge in [-0.3, -0.25) is 4.79 Å². The molecule has 142 valence electrons. The third kappa shape index (κ3) is 3.58. The normalized spacial score (nSPS) is 11.0. The second-order valence-electron chi connectivity index (χ2n) is 6.23. The van der Waals surface area contributed by atoms with Crippen molar-refractivity contribution in [2.45, 2.75) is 13.5 Å². The molecule has 0 aliphatic rings. The summed E-state index contributed by atoms with van der Waals surface area (Å²) in [4.78, 5) is 18.7. The van der Waals surface area contributed by atoms with Crippen LogP contribution in [0.25, 0.3) is 11.0 Å². The van der Waals surface area contributed by atoms with Gasteiger partial charge in [-0.2, -0.15) is 5.10 Å². The number of halogens is 1. The van der Waals surface area contributed by atoms with Gasteiger partial charge in [0.2, 0.25) is 0 Å². The van der Waals surface area contributed by atoms with Crippen molar-refractivity contribution in [2.24, 2.45) is 0 Å². The van der Waals surface area contributed by atoms with Gasteiger partial charge in [0, 0.05) is 16.3 Å². The molecule has 1 aromatic carbocycles. The maximum Gasteiger partial charge on any atom is 0.256 e. The minimum Gasteiger partial charge on any atom is -0.495 e. The highest BCUT2D eigenvalue weighted by Gasteiger charge is 2.17. The lowest BCUT2D eigenvalue weighted by atomic mass is 10.1. The van der Waals surface area contributed by atoms with Crippen LogP contribution < -0.4 is 10.1 Å². The second-order valence-corrected chi connectivity index (χ2v) is 7.67. The zero-order valence-electron chi connectivity index (χ0n) is 15.3. The van der Waals surface area contributed by atoms with Crippen molar-refractivity contribution in [2.75, 3.05) is 12.4 Å². The van der Waals surface area contributed by atoms with E-state index in [1.54, 1.807) is 48.9 Å². The highest BCUT2D eigenvalue weighted by molar-refractivity contribution is 7.09. The summed E-state index contributed by atoms with van der Waals surface area (Å²) < 4.78 is 6.96. The summed E-state index contributed by atoms with van der Waals surface area (Å²) in [5.74, 6) is 0.309. The number of rotatable bonds is 5. The lowest BCUT2D eigenvalue weighted by Gasteiger charge is -2.09. The molecule has 1 amide bonds. The smallest absolute Gasteiger partial charge is 0.256 e. The summed E-state index contributed by atoms with van der Waals surface area (Å²) in [6, 6.07) is 10.9. The number of nitrogens with zero attached hydrogens (tertiary/aromatic N) is 3. The zero-order chi connectivity index (χ0) is 19.7. The van der Waals surface area contributed by atoms with E-state index in [4.69, 9.17) is 16.3 Å². The summed E-state index contributed by atoms with van der Waals surface area (Å²) in [7, 11) is 1.55. The van der Waals surface area contributed by atoms with E-state index in [-0.39, 0.29) is 5.91 Å². The molecule has 0 fully saturated rings. The molecule has 28 heavy (non-hydrogen) atoms. The standard InChI is InChI=1S/C20H17ClN4O2S/c1-12-8-15(20(26)24-13-5-6-18(27-2)17(21)9-13)16-10-22-25(19(16)23-12)11-14-4-3-7-28-14/h3-10H,11H2,1-2H3,(H,24,26). The summed E-state index contributed by atoms with van der Waals surface area (Å²) in [5, 5.41) is 10.5. The van der Waals surface area contributed by atoms with Gasteiger partial charge in [0.05, 0.1) is 35.8 Å². The molecule has 3 heterocycles. The molecule has 0 aliphatic heterocycles. The molecule has 6 nitrogen and oxygen atoms in total. The van der Waals surface area contributed by atoms with E-state index in [0.717, 1.165) is 5.69 Å². The summed E-state index contributed by atoms with van der Waals surface area (Å²) in [6.07, 6.45) is 1.69. The Hall–Kier alpha value is -2.90. The van der Waals surface area contributed by atoms with E-state index in [1.165, 1.54) is 4.88 Å². The number of carbonyl (C=O) groups is 1. The van der Waals surface area contributed by atoms with Crippen LogP contribution in [0.1, 0.15) is 20.9 Å². The quantitative estimate of drug-likeness (QED) is 0.513. The van der Waals surface area contributed by atoms with Gasteiger partial charge in [0.25, 0.3) is 5.91 Å². The van der Waals surface area contributed by atoms with Crippen LogP contribution in [0.3, 0.4) is 0 Å². The van der Waals surface area contributed by atoms with Crippen molar-refractivity contribution >= 4 is 45.6 Å². The van der Waals surface area contributed by atoms with Crippen LogP contribution in [0, 0.1) is 6.92 Å². The van der Waals surface area contributed by atoms with E-state index in [9.17, 15) is 4.79 Å². The molecule has 0 spiro atoms. The van der Waals surface area contributed by atoms with E-state index < -0.39 is 0 Å². The number of ether oxygens (including phenoxy) is 1. The number of fused-ring (bicyclic) bond motifs is 1. The molecule has 0 saturated heterocycles. The van der Waals surface area contributed by atoms with Crippen molar-refractivity contribution < 1.29 is 9.53 Å². The Morgan fingerprint density at radius 3 is 2.89 bits per heavy atom. The number of anilines is 1. The van der Waals surface area contributed by atoms with Crippen LogP contribution in [-0.2, 0) is 6.54 Å². The van der Waals surface area contributed by atoms with Crippen molar-refractivity contribution in [3.05, 3.63) is 69.1 Å². The number of hydrogen-bond acceptors (Lipinski definition) is 5. The first-order chi connectivity index (χ1) is 13.5. The van der Waals surface area contributed by atoms with Crippen LogP contribution in [0.2, 0.25) is 5.02 Å². The van der Waals surface area contributed by atoms with E-state index in [2.05, 4.69) is 21.5 Å². The zero-order valence-corrected chi connectivity index (χ0v) is 16.8. The monoisotopic (exact) mass is 412 g/mol. The Kier molecular flexibility index (Phi) is 5.02. The van der Waals surface area contributed by atoms with Crippen molar-refractivity contribution in [3.63, 3.8) is 0 Å². The molecule has 0 radical (unpaired) electrons. The maximum absolute atomic E-state index is 12.9. The lowest BCUT2D eigenvalue weighted by molar-refractivity contribution is 0.102. The fourth-order valence-electron chi connectivity index (χ4n) is 2.97. The topological polar surface area (TPSA) is 69.0 Å². The molecule has 0 unspecified atom stereocenters. The first-order valence-corrected chi connectivity index (χ1v) is 9.81. The third-order valence-corrected chi connectivity index (χ3v) is 5.43. The number of aryl methyl sites for hydroxylation is 1. The van der Waals surface area contributed by atoms with Gasteiger partial charge in [-0.05, 0) is 42.6 Å². The Morgan fingerprint density at radius 1 is 1.32 bits per heavy atom. The number of carbonyl (C=O) groups excluding carboxylic acids is 1. The first kappa shape index (κ1) is 18.5. The van der Waals surface area contributed by atoms with Crippen LogP contribution in [0.4, 0.5) is 5.69 Å². The van der Waals surface area contributed by atoms with Crippen molar-refractivity contribution in [3.8, 4) is 5.75 Å². The van der Waals surface area contributed by atoms with Gasteiger partial charge in [-0.15, -0.1) is 11.3 Å². The molecule has 1 N–H and O–H groups in total. The van der Waals surface area contributed by atoms with Gasteiger partial charge in [0.15, 0.2) is 5.65 Å². The van der Waals surface area contributed by atoms with Gasteiger partial charge < -0.3 is 10.1 Å². The van der Waals surface area contributed by atoms with Gasteiger partial charge in [-0.1, -0.05) is 17.7 Å². The number of thiophene rings is 1. The van der Waals surface area contributed by atoms with Crippen LogP contribution in [-0.4, -0.2) is 27.8 Å². The van der Waals surface area contributed by atoms with E-state index in [0.29, 0.717) is 39.6 Å². The Balaban J connectivity index is 1.67. The molecular weight excluding hydrogens is 396 g/mol. The van der Waals surface area contributed by atoms with E-state index >= 15 is 0 Å². The molecular formula is C20H17ClN4O2S. The number of hydrogen-bond donors (Lipinski definition) is 1. The lowest BCUT2D eigenvalue weighted by Crippen LogP contribution is -2.13. The molecule has 0 bridgehead atoms. The van der Waals surface area contributed by atoms with Crippen molar-refractivity contribution in [1.29, 1.82) is 0 Å². The molecule has 4 aromatic rings. The second kappa shape index (κ2) is 7.61. The summed E-state index contributed by atoms with van der Waals surface area (Å²) in [5.41, 5.74) is 2.54. The predicted molar refractivity (Wildman–Crippen MR) is 112 cm³/mol. The van der Waals surface area contributed by atoms with E-state index in [1.807, 2.05) is 23.1 Å². The van der Waals surface area contributed by atoms with Crippen LogP contribution >= 0.6 is 22.9 Å². The Bertz CT molecular complexity index is 1150. The fourth-order valence-corrected chi connectivity index (χ4v) is 3.91. The first-order valence-electron chi connectivity index (χ1n) is 8.55. The molecule has 0 atom stereocenters. The predicted octanol–water partition coefficient (Wildman–Crippen LogP) is 4.76. The molecule has 3 aromatic heterocycles. The number of methoxy groups -OCH3 is 1. The van der Waals surface area contributed by atoms with Gasteiger partial charge in [0.1, 0.15) is 5.75 Å². The SMILES string of the molecule is COc1ccc(NC(=O)c2cc(C)nc3c2cnn3Cc2cccs2)cc1Cl. The average molecular weight is 413 g/mol. The fraction of sp³-hybridized carbons (Fsp3) is 0.150. The van der Waals surface area contributed by atoms with Crippen molar-refractivity contribution in [1.82, 2.24) is 14.8 Å². The van der Waals surface area contributed by atoms with Crippen LogP contribution in [0.5, 0.6) is 5.75 Å². The minimum absolute atomic E-state index is 0.243. The largest absolute Gasteiger partial charge is 0.495 e. The molecule has 0 saturated carbocycles. The minimum atomic E-state index is -0.243. The number of benzene rings is 1. The molecule has 4 rings (SSSR count). The molecule has 0 aliphatic carbocycles. The third-order valence-electron chi connectivity index (χ3n) is 4.28.